The maximum atomic E-state index is 10.4. The molecule has 0 radical (unpaired) electrons. The zero-order valence-corrected chi connectivity index (χ0v) is 17.4. The smallest absolute Gasteiger partial charge is 0.118 e. The van der Waals surface area contributed by atoms with Gasteiger partial charge in [-0.2, -0.15) is 0 Å². The van der Waals surface area contributed by atoms with Crippen LogP contribution in [-0.2, 0) is 11.3 Å². The van der Waals surface area contributed by atoms with Gasteiger partial charge in [0, 0.05) is 11.8 Å². The highest BCUT2D eigenvalue weighted by Gasteiger charge is 2.34. The van der Waals surface area contributed by atoms with Gasteiger partial charge >= 0.3 is 0 Å². The molecule has 0 unspecified atom stereocenters. The molecule has 0 aliphatic carbocycles. The number of methoxy groups -OCH3 is 1. The van der Waals surface area contributed by atoms with E-state index < -0.39 is 0 Å². The van der Waals surface area contributed by atoms with E-state index in [1.807, 2.05) is 54.7 Å². The summed E-state index contributed by atoms with van der Waals surface area (Å²) in [5.41, 5.74) is 1.14. The van der Waals surface area contributed by atoms with E-state index in [0.29, 0.717) is 17.1 Å². The molecular formula is C20H32O3S2. The number of benzene rings is 1. The van der Waals surface area contributed by atoms with E-state index in [2.05, 4.69) is 13.8 Å². The van der Waals surface area contributed by atoms with Gasteiger partial charge in [-0.15, -0.1) is 23.5 Å². The third-order valence-corrected chi connectivity index (χ3v) is 8.33. The van der Waals surface area contributed by atoms with Crippen LogP contribution in [0.5, 0.6) is 5.75 Å². The van der Waals surface area contributed by atoms with E-state index >= 15 is 0 Å². The average molecular weight is 385 g/mol. The molecule has 0 bridgehead atoms. The first kappa shape index (κ1) is 20.9. The van der Waals surface area contributed by atoms with Crippen molar-refractivity contribution in [3.63, 3.8) is 0 Å². The number of rotatable bonds is 9. The van der Waals surface area contributed by atoms with Gasteiger partial charge in [-0.1, -0.05) is 32.9 Å². The van der Waals surface area contributed by atoms with Crippen molar-refractivity contribution in [1.29, 1.82) is 0 Å². The molecule has 1 fully saturated rings. The monoisotopic (exact) mass is 384 g/mol. The van der Waals surface area contributed by atoms with Gasteiger partial charge in [0.15, 0.2) is 0 Å². The lowest BCUT2D eigenvalue weighted by Crippen LogP contribution is -2.39. The third kappa shape index (κ3) is 6.09. The summed E-state index contributed by atoms with van der Waals surface area (Å²) < 4.78 is 12.1. The van der Waals surface area contributed by atoms with Crippen LogP contribution in [0.2, 0.25) is 0 Å². The molecule has 1 aliphatic heterocycles. The number of aliphatic hydroxyl groups is 1. The van der Waals surface area contributed by atoms with Crippen molar-refractivity contribution in [1.82, 2.24) is 0 Å². The third-order valence-electron chi connectivity index (χ3n) is 4.95. The van der Waals surface area contributed by atoms with Gasteiger partial charge in [0.1, 0.15) is 5.75 Å². The first-order valence-electron chi connectivity index (χ1n) is 9.22. The number of ether oxygens (including phenoxy) is 2. The summed E-state index contributed by atoms with van der Waals surface area (Å²) in [6.45, 7) is 7.02. The van der Waals surface area contributed by atoms with E-state index in [-0.39, 0.29) is 18.1 Å². The Morgan fingerprint density at radius 1 is 1.16 bits per heavy atom. The molecule has 4 atom stereocenters. The van der Waals surface area contributed by atoms with Crippen molar-refractivity contribution >= 4 is 23.5 Å². The van der Waals surface area contributed by atoms with Crippen molar-refractivity contribution in [3.05, 3.63) is 29.8 Å². The van der Waals surface area contributed by atoms with E-state index in [0.717, 1.165) is 17.7 Å². The predicted molar refractivity (Wildman–Crippen MR) is 110 cm³/mol. The van der Waals surface area contributed by atoms with Crippen LogP contribution in [0.3, 0.4) is 0 Å². The second-order valence-corrected chi connectivity index (χ2v) is 9.58. The molecule has 1 aliphatic rings. The van der Waals surface area contributed by atoms with Gasteiger partial charge in [-0.25, -0.2) is 0 Å². The first-order chi connectivity index (χ1) is 12.1. The predicted octanol–water partition coefficient (Wildman–Crippen LogP) is 4.82. The summed E-state index contributed by atoms with van der Waals surface area (Å²) in [4.78, 5) is 0. The quantitative estimate of drug-likeness (QED) is 0.661. The molecule has 1 aromatic rings. The SMILES string of the molecule is CC[C@@H](O)[C@H](C)[C@H](OCc1ccc(OC)cc1)[C@@H](C)C1SCCCS1. The van der Waals surface area contributed by atoms with Gasteiger partial charge < -0.3 is 14.6 Å². The van der Waals surface area contributed by atoms with Gasteiger partial charge in [0.25, 0.3) is 0 Å². The lowest BCUT2D eigenvalue weighted by Gasteiger charge is -2.37. The molecule has 1 aromatic carbocycles. The van der Waals surface area contributed by atoms with Crippen LogP contribution < -0.4 is 4.74 Å². The lowest BCUT2D eigenvalue weighted by atomic mass is 9.88. The minimum Gasteiger partial charge on any atom is -0.497 e. The van der Waals surface area contributed by atoms with Crippen LogP contribution in [0, 0.1) is 11.8 Å². The fraction of sp³-hybridized carbons (Fsp3) is 0.700. The van der Waals surface area contributed by atoms with Crippen molar-refractivity contribution in [2.24, 2.45) is 11.8 Å². The Bertz CT molecular complexity index is 488. The Morgan fingerprint density at radius 2 is 1.80 bits per heavy atom. The Kier molecular flexibility index (Phi) is 8.97. The van der Waals surface area contributed by atoms with E-state index in [9.17, 15) is 5.11 Å². The Hall–Kier alpha value is -0.360. The number of thioether (sulfide) groups is 2. The molecule has 3 nitrogen and oxygen atoms in total. The fourth-order valence-electron chi connectivity index (χ4n) is 3.25. The van der Waals surface area contributed by atoms with Crippen LogP contribution in [0.4, 0.5) is 0 Å². The van der Waals surface area contributed by atoms with Crippen LogP contribution >= 0.6 is 23.5 Å². The highest BCUT2D eigenvalue weighted by atomic mass is 32.2. The van der Waals surface area contributed by atoms with Crippen LogP contribution in [0.1, 0.15) is 39.2 Å². The molecule has 1 N–H and O–H groups in total. The second kappa shape index (κ2) is 10.7. The van der Waals surface area contributed by atoms with Crippen LogP contribution in [0.15, 0.2) is 24.3 Å². The van der Waals surface area contributed by atoms with Gasteiger partial charge in [-0.05, 0) is 42.0 Å². The number of aliphatic hydroxyl groups excluding tert-OH is 1. The molecule has 142 valence electrons. The fourth-order valence-corrected chi connectivity index (χ4v) is 6.40. The van der Waals surface area contributed by atoms with Gasteiger partial charge in [0.2, 0.25) is 0 Å². The van der Waals surface area contributed by atoms with Crippen molar-refractivity contribution in [2.45, 2.75) is 57.0 Å². The first-order valence-corrected chi connectivity index (χ1v) is 11.3. The molecule has 2 rings (SSSR count). The van der Waals surface area contributed by atoms with Gasteiger partial charge in [-0.3, -0.25) is 0 Å². The lowest BCUT2D eigenvalue weighted by molar-refractivity contribution is -0.0622. The topological polar surface area (TPSA) is 38.7 Å². The van der Waals surface area contributed by atoms with Crippen molar-refractivity contribution < 1.29 is 14.6 Å². The molecule has 1 heterocycles. The zero-order chi connectivity index (χ0) is 18.2. The van der Waals surface area contributed by atoms with E-state index in [1.54, 1.807) is 7.11 Å². The number of hydrogen-bond acceptors (Lipinski definition) is 5. The molecular weight excluding hydrogens is 352 g/mol. The van der Waals surface area contributed by atoms with E-state index in [1.165, 1.54) is 17.9 Å². The summed E-state index contributed by atoms with van der Waals surface area (Å²) in [5.74, 6) is 3.86. The minimum atomic E-state index is -0.318. The van der Waals surface area contributed by atoms with Crippen LogP contribution in [0.25, 0.3) is 0 Å². The highest BCUT2D eigenvalue weighted by Crippen LogP contribution is 2.40. The van der Waals surface area contributed by atoms with Crippen LogP contribution in [-0.4, -0.2) is 40.5 Å². The second-order valence-electron chi connectivity index (χ2n) is 6.78. The summed E-state index contributed by atoms with van der Waals surface area (Å²) in [6, 6.07) is 8.03. The molecule has 1 saturated heterocycles. The highest BCUT2D eigenvalue weighted by molar-refractivity contribution is 8.17. The number of hydrogen-bond donors (Lipinski definition) is 1. The van der Waals surface area contributed by atoms with Gasteiger partial charge in [0.05, 0.1) is 30.5 Å². The van der Waals surface area contributed by atoms with E-state index in [4.69, 9.17) is 9.47 Å². The Labute approximate surface area is 161 Å². The maximum Gasteiger partial charge on any atom is 0.118 e. The minimum absolute atomic E-state index is 0.0557. The molecule has 0 aromatic heterocycles. The van der Waals surface area contributed by atoms with Crippen molar-refractivity contribution in [3.8, 4) is 5.75 Å². The normalized spacial score (nSPS) is 20.7. The molecule has 0 spiro atoms. The maximum absolute atomic E-state index is 10.4. The summed E-state index contributed by atoms with van der Waals surface area (Å²) in [7, 11) is 1.68. The van der Waals surface area contributed by atoms with Crippen molar-refractivity contribution in [2.75, 3.05) is 18.6 Å². The average Bonchev–Trinajstić information content (AvgIpc) is 2.68. The molecule has 0 amide bonds. The Morgan fingerprint density at radius 3 is 2.36 bits per heavy atom. The summed E-state index contributed by atoms with van der Waals surface area (Å²) in [6.07, 6.45) is 1.80. The standard InChI is InChI=1S/C20H32O3S2/c1-5-18(21)14(2)19(15(3)20-24-11-6-12-25-20)23-13-16-7-9-17(22-4)10-8-16/h7-10,14-15,18-21H,5-6,11-13H2,1-4H3/t14-,15+,18+,19-/m0/s1. The largest absolute Gasteiger partial charge is 0.497 e. The summed E-state index contributed by atoms with van der Waals surface area (Å²) >= 11 is 4.10. The molecule has 25 heavy (non-hydrogen) atoms. The zero-order valence-electron chi connectivity index (χ0n) is 15.8. The Balaban J connectivity index is 2.04. The molecule has 0 saturated carbocycles. The molecule has 5 heteroatoms. The summed E-state index contributed by atoms with van der Waals surface area (Å²) in [5, 5.41) is 10.4.